The standard InChI is InChI=1S/C83H134O17P2/c1-5-9-13-17-21-25-29-33-36-38-41-44-47-51-55-59-63-67-80(85)93-73-78(99-82(87)69-65-61-57-53-49-43-32-28-24-20-16-12-8-4)75-97-101(89,90)95-71-77(84)72-96-102(91,92)98-76-79(100-83(88)70-66-62-58-54-50-46-40-35-31-27-23-19-15-11-7-3)74-94-81(86)68-64-60-56-52-48-45-42-39-37-34-30-26-22-18-14-10-6-2/h9-10,13-14,16,20-23,25-28,32-37,40-42,44-45,51-52,55-56,77-79,84H,5-8,11-12,15,17-19,24,29-31,38-39,43,46-50,53-54,57-76H2,1-4H3,(H,89,90)(H,91,92)/b13-9-,14-10-,20-16-,25-21-,26-22-,27-23-,32-28-,36-33-,37-34-,40-35-,44-41-,45-42-,55-51-,56-52-. The molecule has 0 aliphatic carbocycles. The average Bonchev–Trinajstić information content (AvgIpc) is 0.908. The molecule has 102 heavy (non-hydrogen) atoms. The van der Waals surface area contributed by atoms with E-state index < -0.39 is 97.5 Å². The summed E-state index contributed by atoms with van der Waals surface area (Å²) in [5.41, 5.74) is 0. The Labute approximate surface area is 616 Å². The van der Waals surface area contributed by atoms with Crippen LogP contribution in [0.1, 0.15) is 272 Å². The van der Waals surface area contributed by atoms with E-state index in [2.05, 4.69) is 174 Å². The van der Waals surface area contributed by atoms with E-state index in [0.717, 1.165) is 161 Å². The highest BCUT2D eigenvalue weighted by Crippen LogP contribution is 2.45. The SMILES string of the molecule is CC/C=C\C/C=C\C/C=C\C/C=C\C/C=C\CCCC(=O)OCC(COP(=O)(O)OCC(O)COP(=O)(O)OCC(COC(=O)CCC/C=C\C/C=C\C/C=C\C/C=C\C/C=C\CC)OC(=O)CCCCCCC/C=C\C/C=C\CCCCC)OC(=O)CCCCCCC/C=C\C/C=C\CCC. The van der Waals surface area contributed by atoms with Gasteiger partial charge in [-0.05, 0) is 161 Å². The number of allylic oxidation sites excluding steroid dienone is 28. The van der Waals surface area contributed by atoms with Crippen LogP contribution in [-0.4, -0.2) is 96.7 Å². The highest BCUT2D eigenvalue weighted by molar-refractivity contribution is 7.47. The van der Waals surface area contributed by atoms with Crippen LogP contribution in [0.5, 0.6) is 0 Å². The smallest absolute Gasteiger partial charge is 0.462 e. The van der Waals surface area contributed by atoms with Crippen molar-refractivity contribution in [2.75, 3.05) is 39.6 Å². The first-order chi connectivity index (χ1) is 49.7. The number of hydrogen-bond donors (Lipinski definition) is 3. The van der Waals surface area contributed by atoms with Crippen LogP contribution in [0.3, 0.4) is 0 Å². The lowest BCUT2D eigenvalue weighted by molar-refractivity contribution is -0.161. The molecule has 0 fully saturated rings. The Morgan fingerprint density at radius 1 is 0.284 bits per heavy atom. The number of carbonyl (C=O) groups is 4. The molecule has 0 heterocycles. The normalized spacial score (nSPS) is 14.9. The Kier molecular flexibility index (Phi) is 69.7. The summed E-state index contributed by atoms with van der Waals surface area (Å²) in [6.45, 7) is 4.36. The fourth-order valence-electron chi connectivity index (χ4n) is 9.36. The maximum absolute atomic E-state index is 13.1. The van der Waals surface area contributed by atoms with E-state index in [4.69, 9.17) is 37.0 Å². The third-order valence-electron chi connectivity index (χ3n) is 15.1. The predicted molar refractivity (Wildman–Crippen MR) is 417 cm³/mol. The van der Waals surface area contributed by atoms with E-state index >= 15 is 0 Å². The molecule has 5 unspecified atom stereocenters. The number of aliphatic hydroxyl groups excluding tert-OH is 1. The molecule has 0 saturated heterocycles. The minimum absolute atomic E-state index is 0.0588. The Morgan fingerprint density at radius 3 is 0.853 bits per heavy atom. The topological polar surface area (TPSA) is 237 Å². The molecule has 0 aliphatic heterocycles. The van der Waals surface area contributed by atoms with Crippen LogP contribution < -0.4 is 0 Å². The van der Waals surface area contributed by atoms with Gasteiger partial charge in [0.2, 0.25) is 0 Å². The molecule has 0 rings (SSSR count). The summed E-state index contributed by atoms with van der Waals surface area (Å²) in [5.74, 6) is -2.36. The van der Waals surface area contributed by atoms with Crippen molar-refractivity contribution in [1.29, 1.82) is 0 Å². The lowest BCUT2D eigenvalue weighted by Gasteiger charge is -2.21. The molecule has 0 aliphatic rings. The van der Waals surface area contributed by atoms with Crippen LogP contribution in [-0.2, 0) is 65.4 Å². The molecule has 578 valence electrons. The van der Waals surface area contributed by atoms with Crippen LogP contribution in [0, 0.1) is 0 Å². The molecule has 0 amide bonds. The zero-order chi connectivity index (χ0) is 74.6. The number of phosphoric ester groups is 2. The number of phosphoric acid groups is 2. The number of esters is 4. The van der Waals surface area contributed by atoms with E-state index in [9.17, 15) is 43.2 Å². The third-order valence-corrected chi connectivity index (χ3v) is 17.0. The highest BCUT2D eigenvalue weighted by atomic mass is 31.2. The molecule has 0 saturated carbocycles. The Bertz CT molecular complexity index is 2600. The number of unbranched alkanes of at least 4 members (excludes halogenated alkanes) is 16. The number of rotatable bonds is 70. The number of ether oxygens (including phenoxy) is 4. The van der Waals surface area contributed by atoms with Crippen LogP contribution >= 0.6 is 15.6 Å². The van der Waals surface area contributed by atoms with Gasteiger partial charge in [-0.15, -0.1) is 0 Å². The monoisotopic (exact) mass is 1460 g/mol. The van der Waals surface area contributed by atoms with Crippen LogP contribution in [0.4, 0.5) is 0 Å². The molecular weight excluding hydrogens is 1330 g/mol. The van der Waals surface area contributed by atoms with E-state index in [1.165, 1.54) is 19.3 Å². The van der Waals surface area contributed by atoms with Gasteiger partial charge in [0, 0.05) is 25.7 Å². The predicted octanol–water partition coefficient (Wildman–Crippen LogP) is 22.2. The summed E-state index contributed by atoms with van der Waals surface area (Å²) in [4.78, 5) is 72.9. The van der Waals surface area contributed by atoms with Crippen molar-refractivity contribution in [2.45, 2.75) is 290 Å². The zero-order valence-corrected chi connectivity index (χ0v) is 64.8. The second-order valence-corrected chi connectivity index (χ2v) is 27.7. The van der Waals surface area contributed by atoms with Gasteiger partial charge in [0.15, 0.2) is 12.2 Å². The third kappa shape index (κ3) is 72.8. The van der Waals surface area contributed by atoms with Crippen molar-refractivity contribution in [3.63, 3.8) is 0 Å². The van der Waals surface area contributed by atoms with E-state index in [1.807, 2.05) is 24.3 Å². The fraction of sp³-hybridized carbons (Fsp3) is 0.614. The molecule has 0 spiro atoms. The Balaban J connectivity index is 5.49. The number of aliphatic hydroxyl groups is 1. The largest absolute Gasteiger partial charge is 0.472 e. The highest BCUT2D eigenvalue weighted by Gasteiger charge is 2.30. The second kappa shape index (κ2) is 73.7. The quantitative estimate of drug-likeness (QED) is 0.0169. The lowest BCUT2D eigenvalue weighted by atomic mass is 10.1. The molecule has 19 heteroatoms. The molecule has 3 N–H and O–H groups in total. The molecule has 0 aromatic rings. The second-order valence-electron chi connectivity index (χ2n) is 24.8. The van der Waals surface area contributed by atoms with Crippen molar-refractivity contribution < 1.29 is 80.2 Å². The van der Waals surface area contributed by atoms with Gasteiger partial charge in [-0.1, -0.05) is 256 Å². The Morgan fingerprint density at radius 2 is 0.539 bits per heavy atom. The summed E-state index contributed by atoms with van der Waals surface area (Å²) in [6, 6.07) is 0. The minimum atomic E-state index is -5.00. The van der Waals surface area contributed by atoms with Crippen molar-refractivity contribution >= 4 is 39.5 Å². The van der Waals surface area contributed by atoms with Crippen LogP contribution in [0.25, 0.3) is 0 Å². The van der Waals surface area contributed by atoms with Crippen molar-refractivity contribution in [3.8, 4) is 0 Å². The van der Waals surface area contributed by atoms with Gasteiger partial charge in [-0.2, -0.15) is 0 Å². The summed E-state index contributed by atoms with van der Waals surface area (Å²) >= 11 is 0. The molecule has 17 nitrogen and oxygen atoms in total. The molecular formula is C83H134O17P2. The molecule has 0 bridgehead atoms. The molecule has 5 atom stereocenters. The van der Waals surface area contributed by atoms with Crippen molar-refractivity contribution in [2.24, 2.45) is 0 Å². The van der Waals surface area contributed by atoms with Gasteiger partial charge in [0.25, 0.3) is 0 Å². The first kappa shape index (κ1) is 96.4. The summed E-state index contributed by atoms with van der Waals surface area (Å²) in [6.07, 6.45) is 86.4. The average molecular weight is 1470 g/mol. The van der Waals surface area contributed by atoms with Crippen LogP contribution in [0.15, 0.2) is 170 Å². The minimum Gasteiger partial charge on any atom is -0.462 e. The van der Waals surface area contributed by atoms with Gasteiger partial charge in [-0.25, -0.2) is 9.13 Å². The number of hydrogen-bond acceptors (Lipinski definition) is 15. The summed E-state index contributed by atoms with van der Waals surface area (Å²) in [5, 5.41) is 10.6. The summed E-state index contributed by atoms with van der Waals surface area (Å²) in [7, 11) is -10.0. The van der Waals surface area contributed by atoms with Crippen LogP contribution in [0.2, 0.25) is 0 Å². The van der Waals surface area contributed by atoms with Gasteiger partial charge >= 0.3 is 39.5 Å². The van der Waals surface area contributed by atoms with Gasteiger partial charge in [0.05, 0.1) is 26.4 Å². The maximum Gasteiger partial charge on any atom is 0.472 e. The zero-order valence-electron chi connectivity index (χ0n) is 63.0. The molecule has 0 radical (unpaired) electrons. The van der Waals surface area contributed by atoms with E-state index in [0.29, 0.717) is 38.5 Å². The van der Waals surface area contributed by atoms with Crippen molar-refractivity contribution in [1.82, 2.24) is 0 Å². The van der Waals surface area contributed by atoms with E-state index in [1.54, 1.807) is 0 Å². The maximum atomic E-state index is 13.1. The van der Waals surface area contributed by atoms with E-state index in [-0.39, 0.29) is 25.7 Å². The summed E-state index contributed by atoms with van der Waals surface area (Å²) < 4.78 is 68.4. The molecule has 0 aromatic carbocycles. The van der Waals surface area contributed by atoms with Gasteiger partial charge in [-0.3, -0.25) is 37.3 Å². The first-order valence-electron chi connectivity index (χ1n) is 38.4. The van der Waals surface area contributed by atoms with Gasteiger partial charge in [0.1, 0.15) is 19.3 Å². The van der Waals surface area contributed by atoms with Crippen molar-refractivity contribution in [3.05, 3.63) is 170 Å². The lowest BCUT2D eigenvalue weighted by Crippen LogP contribution is -2.30. The first-order valence-corrected chi connectivity index (χ1v) is 41.4. The Hall–Kier alpha value is -5.58. The molecule has 0 aromatic heterocycles. The number of carbonyl (C=O) groups excluding carboxylic acids is 4. The van der Waals surface area contributed by atoms with Gasteiger partial charge < -0.3 is 33.8 Å². The fourth-order valence-corrected chi connectivity index (χ4v) is 10.9.